The third-order valence-electron chi connectivity index (χ3n) is 5.76. The monoisotopic (exact) mass is 456 g/mol. The van der Waals surface area contributed by atoms with Crippen LogP contribution in [0.2, 0.25) is 0 Å². The first-order valence-corrected chi connectivity index (χ1v) is 12.4. The van der Waals surface area contributed by atoms with Gasteiger partial charge in [0.05, 0.1) is 26.4 Å². The van der Waals surface area contributed by atoms with E-state index in [-0.39, 0.29) is 12.1 Å². The molecule has 0 aromatic carbocycles. The normalized spacial score (nSPS) is 17.6. The number of amides is 4. The van der Waals surface area contributed by atoms with Crippen molar-refractivity contribution >= 4 is 12.1 Å². The number of carbonyl (C=O) groups excluding carboxylic acids is 2. The van der Waals surface area contributed by atoms with Gasteiger partial charge in [0.25, 0.3) is 0 Å². The molecule has 0 aromatic rings. The molecule has 10 nitrogen and oxygen atoms in total. The summed E-state index contributed by atoms with van der Waals surface area (Å²) in [4.78, 5) is 28.3. The van der Waals surface area contributed by atoms with E-state index in [0.29, 0.717) is 26.2 Å². The minimum absolute atomic E-state index is 0.0843. The Morgan fingerprint density at radius 1 is 0.531 bits per heavy atom. The fourth-order valence-corrected chi connectivity index (χ4v) is 3.79. The fourth-order valence-electron chi connectivity index (χ4n) is 3.79. The molecule has 2 aliphatic rings. The highest BCUT2D eigenvalue weighted by Crippen LogP contribution is 1.99. The smallest absolute Gasteiger partial charge is 0.314 e. The van der Waals surface area contributed by atoms with E-state index in [4.69, 9.17) is 9.47 Å². The Balaban J connectivity index is 1.28. The number of hydrogen-bond donors (Lipinski definition) is 4. The molecular formula is C22H44N6O4. The summed E-state index contributed by atoms with van der Waals surface area (Å²) in [6, 6.07) is -0.169. The minimum atomic E-state index is -0.0843. The summed E-state index contributed by atoms with van der Waals surface area (Å²) in [5.41, 5.74) is 0. The maximum Gasteiger partial charge on any atom is 0.314 e. The van der Waals surface area contributed by atoms with Crippen molar-refractivity contribution < 1.29 is 19.1 Å². The molecule has 0 aliphatic carbocycles. The molecule has 10 heteroatoms. The molecule has 32 heavy (non-hydrogen) atoms. The zero-order valence-corrected chi connectivity index (χ0v) is 19.7. The molecular weight excluding hydrogens is 412 g/mol. The summed E-state index contributed by atoms with van der Waals surface area (Å²) in [6.07, 6.45) is 5.91. The van der Waals surface area contributed by atoms with E-state index in [1.54, 1.807) is 0 Å². The molecule has 186 valence electrons. The number of nitrogens with one attached hydrogen (secondary N) is 4. The van der Waals surface area contributed by atoms with Crippen molar-refractivity contribution in [2.45, 2.75) is 38.5 Å². The van der Waals surface area contributed by atoms with Crippen LogP contribution in [0.4, 0.5) is 9.59 Å². The lowest BCUT2D eigenvalue weighted by molar-refractivity contribution is 0.0375. The highest BCUT2D eigenvalue weighted by Gasteiger charge is 2.10. The van der Waals surface area contributed by atoms with Gasteiger partial charge in [-0.2, -0.15) is 0 Å². The van der Waals surface area contributed by atoms with Crippen LogP contribution in [-0.2, 0) is 9.47 Å². The van der Waals surface area contributed by atoms with E-state index in [0.717, 1.165) is 104 Å². The molecule has 2 aliphatic heterocycles. The number of morpholine rings is 2. The van der Waals surface area contributed by atoms with Gasteiger partial charge in [-0.1, -0.05) is 12.8 Å². The van der Waals surface area contributed by atoms with Crippen molar-refractivity contribution in [3.63, 3.8) is 0 Å². The van der Waals surface area contributed by atoms with Gasteiger partial charge in [-0.05, 0) is 38.8 Å². The molecule has 2 fully saturated rings. The van der Waals surface area contributed by atoms with E-state index in [9.17, 15) is 9.59 Å². The maximum absolute atomic E-state index is 11.8. The molecule has 0 unspecified atom stereocenters. The van der Waals surface area contributed by atoms with E-state index < -0.39 is 0 Å². The van der Waals surface area contributed by atoms with E-state index >= 15 is 0 Å². The number of hydrogen-bond acceptors (Lipinski definition) is 6. The summed E-state index contributed by atoms with van der Waals surface area (Å²) in [5, 5.41) is 11.6. The zero-order chi connectivity index (χ0) is 22.7. The molecule has 0 saturated carbocycles. The summed E-state index contributed by atoms with van der Waals surface area (Å²) in [7, 11) is 0. The topological polar surface area (TPSA) is 107 Å². The van der Waals surface area contributed by atoms with Crippen molar-refractivity contribution in [3.05, 3.63) is 0 Å². The van der Waals surface area contributed by atoms with Crippen molar-refractivity contribution in [2.24, 2.45) is 0 Å². The van der Waals surface area contributed by atoms with Gasteiger partial charge in [0.1, 0.15) is 0 Å². The second kappa shape index (κ2) is 17.9. The van der Waals surface area contributed by atoms with Crippen LogP contribution in [0.1, 0.15) is 38.5 Å². The van der Waals surface area contributed by atoms with Crippen LogP contribution < -0.4 is 21.3 Å². The zero-order valence-electron chi connectivity index (χ0n) is 19.7. The van der Waals surface area contributed by atoms with Crippen molar-refractivity contribution in [1.82, 2.24) is 31.1 Å². The number of rotatable bonds is 15. The van der Waals surface area contributed by atoms with Crippen LogP contribution in [0.25, 0.3) is 0 Å². The third kappa shape index (κ3) is 13.7. The van der Waals surface area contributed by atoms with Gasteiger partial charge in [-0.25, -0.2) is 9.59 Å². The van der Waals surface area contributed by atoms with Gasteiger partial charge in [0.2, 0.25) is 0 Å². The third-order valence-corrected chi connectivity index (χ3v) is 5.76. The standard InChI is InChI=1S/C22H44N6O4/c29-21(25-9-5-11-27-13-17-31-18-14-27)23-7-3-1-2-4-8-24-22(30)26-10-6-12-28-15-19-32-20-16-28/h1-20H2,(H2,23,25,29)(H2,24,26,30). The first-order chi connectivity index (χ1) is 15.7. The number of unbranched alkanes of at least 4 members (excludes halogenated alkanes) is 3. The lowest BCUT2D eigenvalue weighted by Crippen LogP contribution is -2.40. The molecule has 0 bridgehead atoms. The Morgan fingerprint density at radius 2 is 0.875 bits per heavy atom. The molecule has 2 heterocycles. The first-order valence-electron chi connectivity index (χ1n) is 12.4. The predicted molar refractivity (Wildman–Crippen MR) is 125 cm³/mol. The van der Waals surface area contributed by atoms with Crippen LogP contribution in [0.5, 0.6) is 0 Å². The Bertz CT molecular complexity index is 455. The Hall–Kier alpha value is -1.62. The number of urea groups is 2. The Labute approximate surface area is 193 Å². The predicted octanol–water partition coefficient (Wildman–Crippen LogP) is 0.590. The molecule has 0 atom stereocenters. The van der Waals surface area contributed by atoms with Crippen LogP contribution in [0.3, 0.4) is 0 Å². The highest BCUT2D eigenvalue weighted by atomic mass is 16.5. The summed E-state index contributed by atoms with van der Waals surface area (Å²) in [6.45, 7) is 12.0. The number of carbonyl (C=O) groups is 2. The average molecular weight is 457 g/mol. The van der Waals surface area contributed by atoms with E-state index in [1.165, 1.54) is 0 Å². The molecule has 2 rings (SSSR count). The van der Waals surface area contributed by atoms with Gasteiger partial charge in [-0.15, -0.1) is 0 Å². The lowest BCUT2D eigenvalue weighted by atomic mass is 10.2. The summed E-state index contributed by atoms with van der Waals surface area (Å²) in [5.74, 6) is 0. The maximum atomic E-state index is 11.8. The van der Waals surface area contributed by atoms with Gasteiger partial charge >= 0.3 is 12.1 Å². The van der Waals surface area contributed by atoms with Crippen LogP contribution >= 0.6 is 0 Å². The molecule has 4 amide bonds. The largest absolute Gasteiger partial charge is 0.379 e. The van der Waals surface area contributed by atoms with Crippen LogP contribution in [0.15, 0.2) is 0 Å². The molecule has 4 N–H and O–H groups in total. The van der Waals surface area contributed by atoms with E-state index in [1.807, 2.05) is 0 Å². The molecule has 0 aromatic heterocycles. The fraction of sp³-hybridized carbons (Fsp3) is 0.909. The first kappa shape index (κ1) is 26.6. The van der Waals surface area contributed by atoms with E-state index in [2.05, 4.69) is 31.1 Å². The summed E-state index contributed by atoms with van der Waals surface area (Å²) >= 11 is 0. The number of ether oxygens (including phenoxy) is 2. The SMILES string of the molecule is O=C(NCCCCCCNC(=O)NCCCN1CCOCC1)NCCCN1CCOCC1. The highest BCUT2D eigenvalue weighted by molar-refractivity contribution is 5.74. The molecule has 0 radical (unpaired) electrons. The number of nitrogens with zero attached hydrogens (tertiary/aromatic N) is 2. The van der Waals surface area contributed by atoms with Crippen molar-refractivity contribution in [1.29, 1.82) is 0 Å². The van der Waals surface area contributed by atoms with Gasteiger partial charge in [0.15, 0.2) is 0 Å². The Kier molecular flexibility index (Phi) is 14.9. The second-order valence-electron chi connectivity index (χ2n) is 8.39. The molecule has 2 saturated heterocycles. The van der Waals surface area contributed by atoms with Crippen molar-refractivity contribution in [3.8, 4) is 0 Å². The van der Waals surface area contributed by atoms with Crippen LogP contribution in [0, 0.1) is 0 Å². The minimum Gasteiger partial charge on any atom is -0.379 e. The molecule has 0 spiro atoms. The second-order valence-corrected chi connectivity index (χ2v) is 8.39. The Morgan fingerprint density at radius 3 is 1.25 bits per heavy atom. The van der Waals surface area contributed by atoms with Gasteiger partial charge < -0.3 is 30.7 Å². The lowest BCUT2D eigenvalue weighted by Gasteiger charge is -2.26. The average Bonchev–Trinajstić information content (AvgIpc) is 2.82. The summed E-state index contributed by atoms with van der Waals surface area (Å²) < 4.78 is 10.7. The van der Waals surface area contributed by atoms with Crippen molar-refractivity contribution in [2.75, 3.05) is 91.9 Å². The van der Waals surface area contributed by atoms with Gasteiger partial charge in [-0.3, -0.25) is 9.80 Å². The van der Waals surface area contributed by atoms with Gasteiger partial charge in [0, 0.05) is 52.4 Å². The quantitative estimate of drug-likeness (QED) is 0.269. The van der Waals surface area contributed by atoms with Crippen LogP contribution in [-0.4, -0.2) is 114 Å².